The van der Waals surface area contributed by atoms with E-state index in [2.05, 4.69) is 10.4 Å². The Morgan fingerprint density at radius 3 is 2.57 bits per heavy atom. The van der Waals surface area contributed by atoms with Crippen LogP contribution in [0.2, 0.25) is 5.02 Å². The van der Waals surface area contributed by atoms with Gasteiger partial charge < -0.3 is 11.1 Å². The molecule has 7 nitrogen and oxygen atoms in total. The van der Waals surface area contributed by atoms with Gasteiger partial charge in [-0.15, -0.1) is 0 Å². The fourth-order valence-corrected chi connectivity index (χ4v) is 3.42. The number of anilines is 1. The van der Waals surface area contributed by atoms with Crippen molar-refractivity contribution in [1.82, 2.24) is 14.8 Å². The van der Waals surface area contributed by atoms with Crippen LogP contribution >= 0.6 is 11.6 Å². The number of benzene rings is 2. The summed E-state index contributed by atoms with van der Waals surface area (Å²) in [5.41, 5.74) is 8.49. The van der Waals surface area contributed by atoms with Crippen LogP contribution in [0, 0.1) is 0 Å². The first-order valence-electron chi connectivity index (χ1n) is 9.30. The third kappa shape index (κ3) is 3.62. The van der Waals surface area contributed by atoms with E-state index in [1.54, 1.807) is 23.0 Å². The first kappa shape index (κ1) is 19.6. The minimum atomic E-state index is -0.669. The second-order valence-corrected chi connectivity index (χ2v) is 7.04. The number of nitrogens with two attached hydrogens (primary N) is 1. The van der Waals surface area contributed by atoms with Gasteiger partial charge in [0.2, 0.25) is 5.91 Å². The zero-order valence-electron chi connectivity index (χ0n) is 16.1. The molecule has 2 heterocycles. The van der Waals surface area contributed by atoms with Crippen molar-refractivity contribution in [2.75, 3.05) is 5.32 Å². The number of aryl methyl sites for hydroxylation is 1. The highest BCUT2D eigenvalue weighted by atomic mass is 35.5. The fourth-order valence-electron chi connectivity index (χ4n) is 3.21. The molecule has 2 aromatic heterocycles. The number of aromatic nitrogens is 3. The Bertz CT molecular complexity index is 1270. The molecule has 30 heavy (non-hydrogen) atoms. The molecule has 3 N–H and O–H groups in total. The van der Waals surface area contributed by atoms with E-state index in [9.17, 15) is 9.59 Å². The number of fused-ring (bicyclic) bond motifs is 1. The quantitative estimate of drug-likeness (QED) is 0.507. The third-order valence-electron chi connectivity index (χ3n) is 4.71. The second kappa shape index (κ2) is 7.96. The normalized spacial score (nSPS) is 10.9. The van der Waals surface area contributed by atoms with Gasteiger partial charge in [-0.3, -0.25) is 9.59 Å². The topological polar surface area (TPSA) is 103 Å². The Hall–Kier alpha value is -3.71. The molecular formula is C22H18ClN5O2. The highest BCUT2D eigenvalue weighted by Gasteiger charge is 2.18. The molecule has 0 spiro atoms. The Balaban J connectivity index is 1.79. The molecule has 0 fully saturated rings. The van der Waals surface area contributed by atoms with Gasteiger partial charge in [-0.1, -0.05) is 41.9 Å². The number of pyridine rings is 1. The van der Waals surface area contributed by atoms with Crippen LogP contribution in [-0.4, -0.2) is 26.6 Å². The predicted octanol–water partition coefficient (Wildman–Crippen LogP) is 4.12. The highest BCUT2D eigenvalue weighted by Crippen LogP contribution is 2.26. The average Bonchev–Trinajstić information content (AvgIpc) is 3.18. The largest absolute Gasteiger partial charge is 0.366 e. The maximum Gasteiger partial charge on any atom is 0.256 e. The lowest BCUT2D eigenvalue weighted by Crippen LogP contribution is -2.15. The van der Waals surface area contributed by atoms with E-state index in [0.29, 0.717) is 34.5 Å². The summed E-state index contributed by atoms with van der Waals surface area (Å²) in [6.07, 6.45) is 1.63. The summed E-state index contributed by atoms with van der Waals surface area (Å²) in [6.45, 7) is 2.58. The molecule has 0 saturated carbocycles. The molecule has 4 rings (SSSR count). The number of hydrogen-bond acceptors (Lipinski definition) is 4. The second-order valence-electron chi connectivity index (χ2n) is 6.63. The first-order chi connectivity index (χ1) is 14.5. The lowest BCUT2D eigenvalue weighted by molar-refractivity contribution is 0.0996. The molecule has 8 heteroatoms. The van der Waals surface area contributed by atoms with Gasteiger partial charge in [-0.2, -0.15) is 5.10 Å². The Kier molecular flexibility index (Phi) is 5.20. The van der Waals surface area contributed by atoms with Crippen molar-refractivity contribution in [3.8, 4) is 11.3 Å². The minimum absolute atomic E-state index is 0.137. The molecule has 2 aromatic carbocycles. The van der Waals surface area contributed by atoms with Crippen molar-refractivity contribution in [2.24, 2.45) is 5.73 Å². The highest BCUT2D eigenvalue weighted by molar-refractivity contribution is 6.34. The van der Waals surface area contributed by atoms with Crippen molar-refractivity contribution in [2.45, 2.75) is 13.5 Å². The Morgan fingerprint density at radius 1 is 1.10 bits per heavy atom. The van der Waals surface area contributed by atoms with Gasteiger partial charge in [0.05, 0.1) is 33.4 Å². The first-order valence-corrected chi connectivity index (χ1v) is 9.68. The fraction of sp³-hybridized carbons (Fsp3) is 0.0909. The number of halogens is 1. The van der Waals surface area contributed by atoms with E-state index < -0.39 is 5.91 Å². The maximum absolute atomic E-state index is 13.2. The van der Waals surface area contributed by atoms with Crippen LogP contribution in [0.25, 0.3) is 22.3 Å². The summed E-state index contributed by atoms with van der Waals surface area (Å²) in [5.74, 6) is -1.02. The minimum Gasteiger partial charge on any atom is -0.366 e. The van der Waals surface area contributed by atoms with Gasteiger partial charge in [0, 0.05) is 17.8 Å². The van der Waals surface area contributed by atoms with Crippen molar-refractivity contribution < 1.29 is 9.59 Å². The molecule has 0 saturated heterocycles. The molecular weight excluding hydrogens is 402 g/mol. The van der Waals surface area contributed by atoms with Crippen LogP contribution in [0.15, 0.2) is 60.8 Å². The average molecular weight is 420 g/mol. The summed E-state index contributed by atoms with van der Waals surface area (Å²) >= 11 is 6.00. The smallest absolute Gasteiger partial charge is 0.256 e. The van der Waals surface area contributed by atoms with Crippen molar-refractivity contribution in [3.05, 3.63) is 76.9 Å². The molecule has 150 valence electrons. The third-order valence-corrected chi connectivity index (χ3v) is 5.04. The van der Waals surface area contributed by atoms with E-state index in [-0.39, 0.29) is 16.5 Å². The summed E-state index contributed by atoms with van der Waals surface area (Å²) in [4.78, 5) is 29.4. The standard InChI is InChI=1S/C22H18ClN5O2/c1-2-28-21-17(12-25-28)15(11-19(27-21)13-6-4-3-5-7-13)22(30)26-14-8-9-18(23)16(10-14)20(24)29/h3-12H,2H2,1H3,(H2,24,29)(H,26,30). The number of amides is 2. The number of nitrogens with zero attached hydrogens (tertiary/aromatic N) is 3. The molecule has 0 aliphatic heterocycles. The molecule has 0 bridgehead atoms. The molecule has 0 unspecified atom stereocenters. The molecule has 4 aromatic rings. The van der Waals surface area contributed by atoms with Gasteiger partial charge in [-0.25, -0.2) is 9.67 Å². The number of primary amides is 1. The molecule has 0 aliphatic rings. The molecule has 2 amide bonds. The summed E-state index contributed by atoms with van der Waals surface area (Å²) < 4.78 is 1.74. The Labute approximate surface area is 177 Å². The zero-order chi connectivity index (χ0) is 21.3. The monoisotopic (exact) mass is 419 g/mol. The van der Waals surface area contributed by atoms with Crippen molar-refractivity contribution in [3.63, 3.8) is 0 Å². The van der Waals surface area contributed by atoms with Crippen LogP contribution in [0.5, 0.6) is 0 Å². The predicted molar refractivity (Wildman–Crippen MR) is 117 cm³/mol. The van der Waals surface area contributed by atoms with Crippen LogP contribution in [0.4, 0.5) is 5.69 Å². The van der Waals surface area contributed by atoms with Gasteiger partial charge in [0.25, 0.3) is 5.91 Å². The van der Waals surface area contributed by atoms with Gasteiger partial charge >= 0.3 is 0 Å². The van der Waals surface area contributed by atoms with Crippen LogP contribution < -0.4 is 11.1 Å². The lowest BCUT2D eigenvalue weighted by atomic mass is 10.1. The van der Waals surface area contributed by atoms with E-state index in [1.165, 1.54) is 12.1 Å². The summed E-state index contributed by atoms with van der Waals surface area (Å²) in [6, 6.07) is 15.9. The van der Waals surface area contributed by atoms with Crippen LogP contribution in [0.1, 0.15) is 27.6 Å². The van der Waals surface area contributed by atoms with Gasteiger partial charge in [0.15, 0.2) is 5.65 Å². The Morgan fingerprint density at radius 2 is 1.87 bits per heavy atom. The lowest BCUT2D eigenvalue weighted by Gasteiger charge is -2.10. The number of carbonyl (C=O) groups excluding carboxylic acids is 2. The van der Waals surface area contributed by atoms with Gasteiger partial charge in [0.1, 0.15) is 0 Å². The maximum atomic E-state index is 13.2. The zero-order valence-corrected chi connectivity index (χ0v) is 16.8. The summed E-state index contributed by atoms with van der Waals surface area (Å²) in [5, 5.41) is 8.01. The van der Waals surface area contributed by atoms with E-state index in [1.807, 2.05) is 37.3 Å². The van der Waals surface area contributed by atoms with Gasteiger partial charge in [-0.05, 0) is 31.2 Å². The summed E-state index contributed by atoms with van der Waals surface area (Å²) in [7, 11) is 0. The molecule has 0 radical (unpaired) electrons. The van der Waals surface area contributed by atoms with Crippen molar-refractivity contribution in [1.29, 1.82) is 0 Å². The SMILES string of the molecule is CCn1ncc2c(C(=O)Nc3ccc(Cl)c(C(N)=O)c3)cc(-c3ccccc3)nc21. The molecule has 0 atom stereocenters. The number of rotatable bonds is 5. The number of carbonyl (C=O) groups is 2. The number of nitrogens with one attached hydrogen (secondary N) is 1. The van der Waals surface area contributed by atoms with Crippen LogP contribution in [0.3, 0.4) is 0 Å². The van der Waals surface area contributed by atoms with E-state index >= 15 is 0 Å². The van der Waals surface area contributed by atoms with E-state index in [4.69, 9.17) is 22.3 Å². The van der Waals surface area contributed by atoms with Crippen molar-refractivity contribution >= 4 is 40.1 Å². The number of hydrogen-bond donors (Lipinski definition) is 2. The van der Waals surface area contributed by atoms with E-state index in [0.717, 1.165) is 5.56 Å². The van der Waals surface area contributed by atoms with Crippen LogP contribution in [-0.2, 0) is 6.54 Å². The molecule has 0 aliphatic carbocycles.